The Kier molecular flexibility index (Phi) is 5.82. The van der Waals surface area contributed by atoms with Gasteiger partial charge in [0.25, 0.3) is 0 Å². The Hall–Kier alpha value is -1.49. The van der Waals surface area contributed by atoms with Crippen LogP contribution in [0.2, 0.25) is 5.02 Å². The predicted molar refractivity (Wildman–Crippen MR) is 100 cm³/mol. The number of halogens is 1. The van der Waals surface area contributed by atoms with Crippen LogP contribution >= 0.6 is 23.4 Å². The first-order chi connectivity index (χ1) is 11.6. The monoisotopic (exact) mass is 360 g/mol. The van der Waals surface area contributed by atoms with Crippen molar-refractivity contribution in [1.29, 1.82) is 0 Å². The fourth-order valence-corrected chi connectivity index (χ4v) is 4.28. The normalized spacial score (nSPS) is 17.5. The molecule has 0 unspecified atom stereocenters. The molecule has 0 saturated carbocycles. The van der Waals surface area contributed by atoms with E-state index in [9.17, 15) is 4.79 Å². The minimum Gasteiger partial charge on any atom is -0.368 e. The van der Waals surface area contributed by atoms with Crippen LogP contribution in [-0.2, 0) is 17.8 Å². The number of rotatable bonds is 6. The van der Waals surface area contributed by atoms with Gasteiger partial charge in [-0.2, -0.15) is 0 Å². The molecule has 1 heterocycles. The zero-order valence-electron chi connectivity index (χ0n) is 13.5. The van der Waals surface area contributed by atoms with Crippen LogP contribution in [-0.4, -0.2) is 29.1 Å². The molecular weight excluding hydrogens is 340 g/mol. The van der Waals surface area contributed by atoms with E-state index in [2.05, 4.69) is 23.1 Å². The van der Waals surface area contributed by atoms with E-state index < -0.39 is 0 Å². The third kappa shape index (κ3) is 4.12. The average molecular weight is 361 g/mol. The van der Waals surface area contributed by atoms with E-state index in [0.29, 0.717) is 6.42 Å². The molecule has 1 aliphatic rings. The van der Waals surface area contributed by atoms with E-state index in [-0.39, 0.29) is 11.9 Å². The molecule has 24 heavy (non-hydrogen) atoms. The van der Waals surface area contributed by atoms with E-state index in [1.54, 1.807) is 11.8 Å². The van der Waals surface area contributed by atoms with Crippen molar-refractivity contribution in [3.05, 3.63) is 64.7 Å². The first kappa shape index (κ1) is 17.3. The number of benzene rings is 2. The minimum atomic E-state index is -0.233. The lowest BCUT2D eigenvalue weighted by Gasteiger charge is -2.35. The second-order valence-corrected chi connectivity index (χ2v) is 7.54. The summed E-state index contributed by atoms with van der Waals surface area (Å²) in [6, 6.07) is 16.0. The summed E-state index contributed by atoms with van der Waals surface area (Å²) in [7, 11) is 0. The molecule has 0 saturated heterocycles. The first-order valence-electron chi connectivity index (χ1n) is 8.12. The maximum absolute atomic E-state index is 11.8. The quantitative estimate of drug-likeness (QED) is 0.630. The second-order valence-electron chi connectivity index (χ2n) is 5.99. The first-order valence-corrected chi connectivity index (χ1v) is 9.49. The summed E-state index contributed by atoms with van der Waals surface area (Å²) in [5.74, 6) is 0.733. The Bertz CT molecular complexity index is 722. The Morgan fingerprint density at radius 1 is 1.17 bits per heavy atom. The van der Waals surface area contributed by atoms with Crippen molar-refractivity contribution in [1.82, 2.24) is 4.90 Å². The van der Waals surface area contributed by atoms with Crippen molar-refractivity contribution in [2.24, 2.45) is 5.73 Å². The third-order valence-electron chi connectivity index (χ3n) is 4.36. The van der Waals surface area contributed by atoms with Crippen LogP contribution in [0.1, 0.15) is 17.5 Å². The molecule has 0 aliphatic carbocycles. The van der Waals surface area contributed by atoms with Gasteiger partial charge >= 0.3 is 0 Å². The van der Waals surface area contributed by atoms with Crippen LogP contribution in [0.5, 0.6) is 0 Å². The van der Waals surface area contributed by atoms with Gasteiger partial charge in [-0.3, -0.25) is 9.69 Å². The fourth-order valence-electron chi connectivity index (χ4n) is 3.10. The summed E-state index contributed by atoms with van der Waals surface area (Å²) in [5.41, 5.74) is 8.17. The van der Waals surface area contributed by atoms with Gasteiger partial charge in [0.05, 0.1) is 11.1 Å². The molecule has 3 rings (SSSR count). The Labute approximate surface area is 152 Å². The van der Waals surface area contributed by atoms with Gasteiger partial charge in [0.15, 0.2) is 0 Å². The highest BCUT2D eigenvalue weighted by molar-refractivity contribution is 7.99. The van der Waals surface area contributed by atoms with Gasteiger partial charge in [0.2, 0.25) is 5.91 Å². The molecule has 1 amide bonds. The Morgan fingerprint density at radius 3 is 2.62 bits per heavy atom. The standard InChI is InChI=1S/C19H21ClN2OS/c20-16-8-3-4-9-18(16)24-11-5-10-22-13-15-7-2-1-6-14(15)12-17(22)19(21)23/h1-4,6-9,17H,5,10-13H2,(H2,21,23)/t17-/m0/s1. The maximum Gasteiger partial charge on any atom is 0.235 e. The summed E-state index contributed by atoms with van der Waals surface area (Å²) >= 11 is 7.94. The van der Waals surface area contributed by atoms with Crippen LogP contribution in [0.15, 0.2) is 53.4 Å². The topological polar surface area (TPSA) is 46.3 Å². The zero-order chi connectivity index (χ0) is 16.9. The second kappa shape index (κ2) is 8.06. The summed E-state index contributed by atoms with van der Waals surface area (Å²) in [6.45, 7) is 1.65. The minimum absolute atomic E-state index is 0.204. The Morgan fingerprint density at radius 2 is 1.88 bits per heavy atom. The third-order valence-corrected chi connectivity index (χ3v) is 5.96. The van der Waals surface area contributed by atoms with Gasteiger partial charge in [-0.25, -0.2) is 0 Å². The van der Waals surface area contributed by atoms with Gasteiger partial charge in [0.1, 0.15) is 0 Å². The molecule has 0 radical (unpaired) electrons. The lowest BCUT2D eigenvalue weighted by molar-refractivity contribution is -0.123. The lowest BCUT2D eigenvalue weighted by atomic mass is 9.93. The number of primary amides is 1. The number of nitrogens with zero attached hydrogens (tertiary/aromatic N) is 1. The molecule has 2 N–H and O–H groups in total. The molecule has 1 atom stereocenters. The van der Waals surface area contributed by atoms with Crippen LogP contribution in [0.25, 0.3) is 0 Å². The van der Waals surface area contributed by atoms with Crippen molar-refractivity contribution < 1.29 is 4.79 Å². The largest absolute Gasteiger partial charge is 0.368 e. The smallest absolute Gasteiger partial charge is 0.235 e. The SMILES string of the molecule is NC(=O)[C@@H]1Cc2ccccc2CN1CCCSc1ccccc1Cl. The van der Waals surface area contributed by atoms with Crippen molar-refractivity contribution in [3.8, 4) is 0 Å². The van der Waals surface area contributed by atoms with Gasteiger partial charge in [-0.1, -0.05) is 48.0 Å². The van der Waals surface area contributed by atoms with Crippen molar-refractivity contribution in [2.75, 3.05) is 12.3 Å². The Balaban J connectivity index is 1.57. The molecule has 0 bridgehead atoms. The van der Waals surface area contributed by atoms with Crippen molar-refractivity contribution >= 4 is 29.3 Å². The molecule has 3 nitrogen and oxygen atoms in total. The number of thioether (sulfide) groups is 1. The van der Waals surface area contributed by atoms with Gasteiger partial charge < -0.3 is 5.73 Å². The highest BCUT2D eigenvalue weighted by Gasteiger charge is 2.29. The summed E-state index contributed by atoms with van der Waals surface area (Å²) < 4.78 is 0. The average Bonchev–Trinajstić information content (AvgIpc) is 2.59. The van der Waals surface area contributed by atoms with Gasteiger partial charge in [-0.05, 0) is 41.9 Å². The van der Waals surface area contributed by atoms with E-state index in [0.717, 1.165) is 35.2 Å². The van der Waals surface area contributed by atoms with E-state index in [1.807, 2.05) is 30.3 Å². The summed E-state index contributed by atoms with van der Waals surface area (Å²) in [6.07, 6.45) is 1.70. The highest BCUT2D eigenvalue weighted by atomic mass is 35.5. The van der Waals surface area contributed by atoms with Crippen molar-refractivity contribution in [3.63, 3.8) is 0 Å². The number of hydrogen-bond donors (Lipinski definition) is 1. The van der Waals surface area contributed by atoms with Crippen LogP contribution in [0, 0.1) is 0 Å². The molecule has 126 valence electrons. The summed E-state index contributed by atoms with van der Waals surface area (Å²) in [4.78, 5) is 15.1. The number of fused-ring (bicyclic) bond motifs is 1. The molecule has 5 heteroatoms. The molecule has 2 aromatic carbocycles. The fraction of sp³-hybridized carbons (Fsp3) is 0.316. The van der Waals surface area contributed by atoms with Gasteiger partial charge in [-0.15, -0.1) is 11.8 Å². The van der Waals surface area contributed by atoms with Gasteiger partial charge in [0, 0.05) is 18.0 Å². The van der Waals surface area contributed by atoms with Crippen LogP contribution in [0.3, 0.4) is 0 Å². The van der Waals surface area contributed by atoms with E-state index >= 15 is 0 Å². The molecule has 1 aliphatic heterocycles. The number of nitrogens with two attached hydrogens (primary N) is 1. The highest BCUT2D eigenvalue weighted by Crippen LogP contribution is 2.28. The zero-order valence-corrected chi connectivity index (χ0v) is 15.0. The maximum atomic E-state index is 11.8. The lowest BCUT2D eigenvalue weighted by Crippen LogP contribution is -2.48. The molecule has 0 spiro atoms. The number of carbonyl (C=O) groups is 1. The van der Waals surface area contributed by atoms with Crippen LogP contribution in [0.4, 0.5) is 0 Å². The predicted octanol–water partition coefficient (Wildman–Crippen LogP) is 3.73. The molecule has 0 fully saturated rings. The molecule has 0 aromatic heterocycles. The number of amides is 1. The van der Waals surface area contributed by atoms with E-state index in [1.165, 1.54) is 11.1 Å². The van der Waals surface area contributed by atoms with Crippen molar-refractivity contribution in [2.45, 2.75) is 30.3 Å². The van der Waals surface area contributed by atoms with Crippen LogP contribution < -0.4 is 5.73 Å². The van der Waals surface area contributed by atoms with E-state index in [4.69, 9.17) is 17.3 Å². The number of hydrogen-bond acceptors (Lipinski definition) is 3. The summed E-state index contributed by atoms with van der Waals surface area (Å²) in [5, 5.41) is 0.796. The molecular formula is C19H21ClN2OS. The number of carbonyl (C=O) groups excluding carboxylic acids is 1. The molecule has 2 aromatic rings.